The molecule has 4 rings (SSSR count). The number of benzene rings is 1. The third-order valence-electron chi connectivity index (χ3n) is 5.66. The summed E-state index contributed by atoms with van der Waals surface area (Å²) in [6.07, 6.45) is 4.24. The van der Waals surface area contributed by atoms with Crippen LogP contribution in [0.1, 0.15) is 55.5 Å². The highest BCUT2D eigenvalue weighted by Crippen LogP contribution is 2.39. The number of rotatable bonds is 6. The third-order valence-corrected chi connectivity index (χ3v) is 5.66. The molecule has 0 saturated carbocycles. The Bertz CT molecular complexity index is 1250. The molecule has 0 bridgehead atoms. The van der Waals surface area contributed by atoms with Gasteiger partial charge in [0.05, 0.1) is 11.4 Å². The molecule has 1 aromatic carbocycles. The van der Waals surface area contributed by atoms with Gasteiger partial charge in [-0.05, 0) is 50.3 Å². The smallest absolute Gasteiger partial charge is 0.326 e. The number of amides is 2. The lowest BCUT2D eigenvalue weighted by molar-refractivity contribution is -0.577. The molecule has 3 heterocycles. The van der Waals surface area contributed by atoms with Crippen LogP contribution in [-0.4, -0.2) is 33.0 Å². The van der Waals surface area contributed by atoms with Crippen molar-refractivity contribution in [2.75, 3.05) is 6.54 Å². The third kappa shape index (κ3) is 3.84. The van der Waals surface area contributed by atoms with Crippen LogP contribution in [0, 0.1) is 13.8 Å². The standard InChI is InChI=1S/C26H28N4O3/c1-6-12-29-24(31)21(23(26(29)33)28-14-17(4)13-18(5)15-28)20-22(16(2)3)27-30(25(20)32)19-10-8-7-9-11-19/h7-11,13-16H,6,12H2,1-5H3. The van der Waals surface area contributed by atoms with E-state index < -0.39 is 17.7 Å². The maximum Gasteiger partial charge on any atom is 0.326 e. The Balaban J connectivity index is 2.05. The maximum absolute atomic E-state index is 13.7. The molecule has 1 aliphatic rings. The normalized spacial score (nSPS) is 14.2. The van der Waals surface area contributed by atoms with Crippen molar-refractivity contribution in [2.45, 2.75) is 47.0 Å². The summed E-state index contributed by atoms with van der Waals surface area (Å²) in [4.78, 5) is 28.3. The molecule has 0 spiro atoms. The average molecular weight is 445 g/mol. The van der Waals surface area contributed by atoms with E-state index in [1.165, 1.54) is 9.58 Å². The van der Waals surface area contributed by atoms with Crippen LogP contribution in [0.2, 0.25) is 0 Å². The van der Waals surface area contributed by atoms with Gasteiger partial charge in [0.15, 0.2) is 12.4 Å². The summed E-state index contributed by atoms with van der Waals surface area (Å²) < 4.78 is 3.00. The molecule has 33 heavy (non-hydrogen) atoms. The van der Waals surface area contributed by atoms with Crippen molar-refractivity contribution in [2.24, 2.45) is 0 Å². The Kier molecular flexibility index (Phi) is 5.89. The fourth-order valence-corrected chi connectivity index (χ4v) is 4.30. The number of imide groups is 1. The molecule has 7 heteroatoms. The van der Waals surface area contributed by atoms with E-state index in [9.17, 15) is 14.7 Å². The summed E-state index contributed by atoms with van der Waals surface area (Å²) in [7, 11) is 0. The average Bonchev–Trinajstić information content (AvgIpc) is 3.23. The van der Waals surface area contributed by atoms with Crippen molar-refractivity contribution in [3.63, 3.8) is 0 Å². The number of aryl methyl sites for hydroxylation is 2. The fourth-order valence-electron chi connectivity index (χ4n) is 4.30. The predicted molar refractivity (Wildman–Crippen MR) is 123 cm³/mol. The van der Waals surface area contributed by atoms with Crippen molar-refractivity contribution in [3.05, 3.63) is 71.2 Å². The molecular weight excluding hydrogens is 416 g/mol. The van der Waals surface area contributed by atoms with Gasteiger partial charge in [-0.2, -0.15) is 9.67 Å². The number of hydrogen-bond acceptors (Lipinski definition) is 4. The van der Waals surface area contributed by atoms with Crippen molar-refractivity contribution < 1.29 is 19.3 Å². The Labute approximate surface area is 193 Å². The zero-order valence-electron chi connectivity index (χ0n) is 19.6. The van der Waals surface area contributed by atoms with Crippen LogP contribution in [0.4, 0.5) is 0 Å². The largest absolute Gasteiger partial charge is 0.858 e. The van der Waals surface area contributed by atoms with Gasteiger partial charge >= 0.3 is 5.91 Å². The summed E-state index contributed by atoms with van der Waals surface area (Å²) >= 11 is 0. The molecule has 0 fully saturated rings. The zero-order valence-corrected chi connectivity index (χ0v) is 19.6. The number of hydrogen-bond donors (Lipinski definition) is 0. The molecule has 7 nitrogen and oxygen atoms in total. The van der Waals surface area contributed by atoms with Crippen LogP contribution in [0.3, 0.4) is 0 Å². The van der Waals surface area contributed by atoms with Crippen LogP contribution in [0.25, 0.3) is 17.0 Å². The van der Waals surface area contributed by atoms with E-state index in [1.54, 1.807) is 16.7 Å². The molecule has 1 aliphatic heterocycles. The zero-order chi connectivity index (χ0) is 23.9. The van der Waals surface area contributed by atoms with Gasteiger partial charge in [-0.25, -0.2) is 4.68 Å². The van der Waals surface area contributed by atoms with Crippen LogP contribution < -0.4 is 9.67 Å². The maximum atomic E-state index is 13.7. The highest BCUT2D eigenvalue weighted by Gasteiger charge is 2.46. The first kappa shape index (κ1) is 22.5. The van der Waals surface area contributed by atoms with Gasteiger partial charge < -0.3 is 5.11 Å². The number of carbonyl (C=O) groups excluding carboxylic acids is 2. The van der Waals surface area contributed by atoms with Gasteiger partial charge in [0.1, 0.15) is 5.57 Å². The number of nitrogens with zero attached hydrogens (tertiary/aromatic N) is 4. The van der Waals surface area contributed by atoms with E-state index in [4.69, 9.17) is 0 Å². The number of aromatic nitrogens is 3. The molecule has 2 aromatic heterocycles. The Morgan fingerprint density at radius 2 is 1.67 bits per heavy atom. The number of para-hydroxylation sites is 1. The monoisotopic (exact) mass is 444 g/mol. The summed E-state index contributed by atoms with van der Waals surface area (Å²) in [5.74, 6) is -1.37. The molecule has 2 amide bonds. The van der Waals surface area contributed by atoms with Gasteiger partial charge in [0, 0.05) is 23.2 Å². The molecule has 3 aromatic rings. The minimum Gasteiger partial charge on any atom is -0.858 e. The first-order valence-corrected chi connectivity index (χ1v) is 11.2. The lowest BCUT2D eigenvalue weighted by atomic mass is 9.98. The minimum absolute atomic E-state index is 0.124. The van der Waals surface area contributed by atoms with E-state index in [0.29, 0.717) is 17.8 Å². The van der Waals surface area contributed by atoms with Crippen LogP contribution in [0.5, 0.6) is 5.88 Å². The summed E-state index contributed by atoms with van der Waals surface area (Å²) in [5, 5.41) is 18.3. The Morgan fingerprint density at radius 3 is 2.24 bits per heavy atom. The highest BCUT2D eigenvalue weighted by atomic mass is 16.3. The van der Waals surface area contributed by atoms with Crippen LogP contribution >= 0.6 is 0 Å². The summed E-state index contributed by atoms with van der Waals surface area (Å²) in [6, 6.07) is 11.1. The van der Waals surface area contributed by atoms with Gasteiger partial charge in [-0.1, -0.05) is 39.0 Å². The van der Waals surface area contributed by atoms with Crippen LogP contribution in [-0.2, 0) is 9.59 Å². The lowest BCUT2D eigenvalue weighted by Crippen LogP contribution is -2.40. The number of pyridine rings is 1. The SMILES string of the molecule is CCCN1C(=O)C(c2c(C(C)C)nn(-c3ccccc3)c2[O-])=C([n+]2cc(C)cc(C)c2)C1=O. The molecule has 170 valence electrons. The lowest BCUT2D eigenvalue weighted by Gasteiger charge is -2.15. The Hall–Kier alpha value is -3.74. The van der Waals surface area contributed by atoms with Crippen molar-refractivity contribution in [1.82, 2.24) is 14.7 Å². The minimum atomic E-state index is -0.449. The molecular formula is C26H28N4O3. The molecule has 0 saturated heterocycles. The van der Waals surface area contributed by atoms with E-state index >= 15 is 0 Å². The summed E-state index contributed by atoms with van der Waals surface area (Å²) in [5.41, 5.74) is 3.53. The fraction of sp³-hybridized carbons (Fsp3) is 0.308. The second-order valence-corrected chi connectivity index (χ2v) is 8.75. The van der Waals surface area contributed by atoms with Crippen molar-refractivity contribution in [1.29, 1.82) is 0 Å². The first-order valence-electron chi connectivity index (χ1n) is 11.2. The predicted octanol–water partition coefficient (Wildman–Crippen LogP) is 3.12. The van der Waals surface area contributed by atoms with E-state index in [2.05, 4.69) is 5.10 Å². The molecule has 0 radical (unpaired) electrons. The summed E-state index contributed by atoms with van der Waals surface area (Å²) in [6.45, 7) is 9.91. The van der Waals surface area contributed by atoms with E-state index in [0.717, 1.165) is 11.1 Å². The quantitative estimate of drug-likeness (QED) is 0.432. The first-order chi connectivity index (χ1) is 15.7. The Morgan fingerprint density at radius 1 is 1.03 bits per heavy atom. The van der Waals surface area contributed by atoms with E-state index in [1.807, 2.05) is 71.3 Å². The second kappa shape index (κ2) is 8.65. The molecule has 0 unspecified atom stereocenters. The van der Waals surface area contributed by atoms with Gasteiger partial charge in [0.2, 0.25) is 0 Å². The van der Waals surface area contributed by atoms with Crippen LogP contribution in [0.15, 0.2) is 48.8 Å². The molecule has 0 atom stereocenters. The highest BCUT2D eigenvalue weighted by molar-refractivity contribution is 6.44. The van der Waals surface area contributed by atoms with Crippen molar-refractivity contribution >= 4 is 23.1 Å². The molecule has 0 N–H and O–H groups in total. The second-order valence-electron chi connectivity index (χ2n) is 8.75. The van der Waals surface area contributed by atoms with Crippen molar-refractivity contribution in [3.8, 4) is 11.6 Å². The van der Waals surface area contributed by atoms with Gasteiger partial charge in [-0.3, -0.25) is 14.5 Å². The molecule has 0 aliphatic carbocycles. The topological polar surface area (TPSA) is 82.1 Å². The van der Waals surface area contributed by atoms with Gasteiger partial charge in [-0.15, -0.1) is 0 Å². The van der Waals surface area contributed by atoms with Gasteiger partial charge in [0.25, 0.3) is 11.6 Å². The van der Waals surface area contributed by atoms with E-state index in [-0.39, 0.29) is 29.3 Å². The number of carbonyl (C=O) groups is 2.